The third-order valence-electron chi connectivity index (χ3n) is 18.7. The molecule has 0 fully saturated rings. The number of hydrogen-bond donors (Lipinski definition) is 4. The second-order valence-electron chi connectivity index (χ2n) is 29.7. The summed E-state index contributed by atoms with van der Waals surface area (Å²) in [4.78, 5) is 58.9. The minimum Gasteiger partial charge on any atom is -0.463 e. The summed E-state index contributed by atoms with van der Waals surface area (Å²) < 4.78 is 61.4. The van der Waals surface area contributed by atoms with Gasteiger partial charge in [-0.25, -0.2) is 9.13 Å². The van der Waals surface area contributed by atoms with Crippen molar-refractivity contribution in [2.24, 2.45) is 0 Å². The number of phosphoric acid groups is 2. The molecule has 648 valence electrons. The number of hydrogen-bond acceptors (Lipinski definition) is 14. The molecule has 0 heterocycles. The molecule has 113 heavy (non-hydrogen) atoms. The molecule has 4 N–H and O–H groups in total. The SMILES string of the molecule is CC/C=C\C/C=C\C/C=C\C/C=C\C/C=C\CCCCCCCC(=O)OC(COC(=O)CCCCCCCCC/C=C\C/C=C\C/C=C\C/C=C\CCCCC)COP(=O)(O)OCC(O)COP(=O)(O)OCC(O)COC(=O)CCCCCCCCCCCCCCCCCCC/C=C\C/C=C\C/C=C\C/C=C\CCCCC. The van der Waals surface area contributed by atoms with Crippen LogP contribution in [0.5, 0.6) is 0 Å². The smallest absolute Gasteiger partial charge is 0.463 e. The van der Waals surface area contributed by atoms with Gasteiger partial charge >= 0.3 is 33.6 Å². The highest BCUT2D eigenvalue weighted by atomic mass is 31.2. The molecule has 0 spiro atoms. The first-order valence-electron chi connectivity index (χ1n) is 44.8. The van der Waals surface area contributed by atoms with Crippen LogP contribution in [0.1, 0.15) is 367 Å². The van der Waals surface area contributed by atoms with Crippen LogP contribution in [0.3, 0.4) is 0 Å². The number of allylic oxidation sites excluding steroid dienone is 26. The monoisotopic (exact) mass is 1620 g/mol. The Morgan fingerprint density at radius 1 is 0.257 bits per heavy atom. The number of carbonyl (C=O) groups is 3. The molecule has 18 heteroatoms. The maximum absolute atomic E-state index is 13.0. The molecule has 0 aliphatic heterocycles. The first-order valence-corrected chi connectivity index (χ1v) is 47.8. The summed E-state index contributed by atoms with van der Waals surface area (Å²) in [5.74, 6) is -1.61. The van der Waals surface area contributed by atoms with Gasteiger partial charge in [-0.3, -0.25) is 32.5 Å². The molecule has 0 radical (unpaired) electrons. The van der Waals surface area contributed by atoms with Crippen LogP contribution in [0.15, 0.2) is 158 Å². The Morgan fingerprint density at radius 2 is 0.469 bits per heavy atom. The highest BCUT2D eigenvalue weighted by Gasteiger charge is 2.29. The van der Waals surface area contributed by atoms with Gasteiger partial charge < -0.3 is 34.2 Å². The lowest BCUT2D eigenvalue weighted by atomic mass is 10.0. The largest absolute Gasteiger partial charge is 0.472 e. The Balaban J connectivity index is 4.57. The van der Waals surface area contributed by atoms with E-state index < -0.39 is 91.5 Å². The molecule has 5 atom stereocenters. The molecule has 16 nitrogen and oxygen atoms in total. The summed E-state index contributed by atoms with van der Waals surface area (Å²) in [6.45, 7) is 2.51. The van der Waals surface area contributed by atoms with Crippen LogP contribution in [0, 0.1) is 0 Å². The molecular formula is C95H162O16P2. The van der Waals surface area contributed by atoms with Gasteiger partial charge in [0.2, 0.25) is 0 Å². The van der Waals surface area contributed by atoms with Crippen LogP contribution in [-0.4, -0.2) is 95.9 Å². The van der Waals surface area contributed by atoms with E-state index in [-0.39, 0.29) is 19.3 Å². The summed E-state index contributed by atoms with van der Waals surface area (Å²) >= 11 is 0. The fourth-order valence-electron chi connectivity index (χ4n) is 11.9. The molecule has 0 saturated carbocycles. The molecule has 5 unspecified atom stereocenters. The van der Waals surface area contributed by atoms with Crippen LogP contribution in [0.25, 0.3) is 0 Å². The number of rotatable bonds is 84. The Morgan fingerprint density at radius 3 is 0.743 bits per heavy atom. The molecule has 0 aromatic carbocycles. The maximum atomic E-state index is 13.0. The van der Waals surface area contributed by atoms with E-state index in [9.17, 15) is 43.5 Å². The van der Waals surface area contributed by atoms with Crippen molar-refractivity contribution >= 4 is 33.6 Å². The van der Waals surface area contributed by atoms with E-state index in [2.05, 4.69) is 179 Å². The average Bonchev–Trinajstić information content (AvgIpc) is 0.898. The van der Waals surface area contributed by atoms with Crippen molar-refractivity contribution in [1.29, 1.82) is 0 Å². The molecule has 0 rings (SSSR count). The Kier molecular flexibility index (Phi) is 82.8. The lowest BCUT2D eigenvalue weighted by Gasteiger charge is -2.21. The van der Waals surface area contributed by atoms with Crippen LogP contribution >= 0.6 is 15.6 Å². The van der Waals surface area contributed by atoms with Gasteiger partial charge in [-0.2, -0.15) is 0 Å². The minimum atomic E-state index is -4.95. The fraction of sp³-hybridized carbons (Fsp3) is 0.695. The van der Waals surface area contributed by atoms with Gasteiger partial charge in [-0.15, -0.1) is 0 Å². The van der Waals surface area contributed by atoms with Crippen LogP contribution < -0.4 is 0 Å². The predicted octanol–water partition coefficient (Wildman–Crippen LogP) is 27.3. The van der Waals surface area contributed by atoms with Crippen LogP contribution in [-0.2, 0) is 55.8 Å². The molecule has 0 aliphatic rings. The Labute approximate surface area is 689 Å². The quantitative estimate of drug-likeness (QED) is 0.0146. The highest BCUT2D eigenvalue weighted by molar-refractivity contribution is 7.47. The molecule has 0 bridgehead atoms. The summed E-state index contributed by atoms with van der Waals surface area (Å²) in [5, 5.41) is 20.7. The van der Waals surface area contributed by atoms with Gasteiger partial charge in [-0.1, -0.05) is 352 Å². The molecule has 0 aromatic rings. The number of ether oxygens (including phenoxy) is 3. The Hall–Kier alpha value is -4.83. The average molecular weight is 1620 g/mol. The lowest BCUT2D eigenvalue weighted by Crippen LogP contribution is -2.30. The number of aliphatic hydroxyl groups is 2. The first kappa shape index (κ1) is 108. The normalized spacial score (nSPS) is 14.6. The maximum Gasteiger partial charge on any atom is 0.472 e. The lowest BCUT2D eigenvalue weighted by molar-refractivity contribution is -0.161. The van der Waals surface area contributed by atoms with E-state index in [1.54, 1.807) is 0 Å². The summed E-state index contributed by atoms with van der Waals surface area (Å²) in [6, 6.07) is 0. The number of unbranched alkanes of at least 4 members (excludes halogenated alkanes) is 35. The van der Waals surface area contributed by atoms with E-state index in [0.29, 0.717) is 19.3 Å². The predicted molar refractivity (Wildman–Crippen MR) is 472 cm³/mol. The second-order valence-corrected chi connectivity index (χ2v) is 32.6. The fourth-order valence-corrected chi connectivity index (χ4v) is 13.5. The van der Waals surface area contributed by atoms with Gasteiger partial charge in [0.25, 0.3) is 0 Å². The van der Waals surface area contributed by atoms with Crippen molar-refractivity contribution in [1.82, 2.24) is 0 Å². The van der Waals surface area contributed by atoms with E-state index in [0.717, 1.165) is 167 Å². The summed E-state index contributed by atoms with van der Waals surface area (Å²) in [7, 11) is -9.82. The third kappa shape index (κ3) is 87.8. The van der Waals surface area contributed by atoms with Crippen molar-refractivity contribution in [2.45, 2.75) is 386 Å². The van der Waals surface area contributed by atoms with Gasteiger partial charge in [-0.05, 0) is 154 Å². The van der Waals surface area contributed by atoms with Gasteiger partial charge in [0.15, 0.2) is 6.10 Å². The Bertz CT molecular complexity index is 2680. The molecular weight excluding hydrogens is 1460 g/mol. The van der Waals surface area contributed by atoms with Gasteiger partial charge in [0, 0.05) is 19.3 Å². The third-order valence-corrected chi connectivity index (χ3v) is 20.6. The highest BCUT2D eigenvalue weighted by Crippen LogP contribution is 2.45. The van der Waals surface area contributed by atoms with Crippen LogP contribution in [0.2, 0.25) is 0 Å². The van der Waals surface area contributed by atoms with E-state index >= 15 is 0 Å². The number of aliphatic hydroxyl groups excluding tert-OH is 2. The van der Waals surface area contributed by atoms with Crippen LogP contribution in [0.4, 0.5) is 0 Å². The van der Waals surface area contributed by atoms with Crippen molar-refractivity contribution < 1.29 is 75.8 Å². The van der Waals surface area contributed by atoms with E-state index in [1.807, 2.05) is 0 Å². The minimum absolute atomic E-state index is 0.0752. The number of esters is 3. The van der Waals surface area contributed by atoms with Crippen molar-refractivity contribution in [2.75, 3.05) is 39.6 Å². The number of carbonyl (C=O) groups excluding carboxylic acids is 3. The van der Waals surface area contributed by atoms with Crippen molar-refractivity contribution in [3.8, 4) is 0 Å². The van der Waals surface area contributed by atoms with E-state index in [1.165, 1.54) is 141 Å². The van der Waals surface area contributed by atoms with E-state index in [4.69, 9.17) is 32.3 Å². The number of phosphoric ester groups is 2. The summed E-state index contributed by atoms with van der Waals surface area (Å²) in [5.41, 5.74) is 0. The topological polar surface area (TPSA) is 231 Å². The second kappa shape index (κ2) is 86.5. The van der Waals surface area contributed by atoms with Gasteiger partial charge in [0.05, 0.1) is 26.4 Å². The van der Waals surface area contributed by atoms with Gasteiger partial charge in [0.1, 0.15) is 25.4 Å². The zero-order valence-corrected chi connectivity index (χ0v) is 73.0. The first-order chi connectivity index (χ1) is 55.2. The zero-order chi connectivity index (χ0) is 82.2. The van der Waals surface area contributed by atoms with Crippen molar-refractivity contribution in [3.05, 3.63) is 158 Å². The molecule has 0 aromatic heterocycles. The summed E-state index contributed by atoms with van der Waals surface area (Å²) in [6.07, 6.45) is 110. The molecule has 0 aliphatic carbocycles. The molecule has 0 saturated heterocycles. The molecule has 0 amide bonds. The van der Waals surface area contributed by atoms with Crippen molar-refractivity contribution in [3.63, 3.8) is 0 Å². The standard InChI is InChI=1S/C95H162O16P2/c1-4-7-10-13-16-19-22-25-28-31-34-37-39-40-41-42-43-44-45-46-47-48-50-53-54-57-60-63-66-69-72-75-78-81-93(98)105-84-90(96)85-107-112(101,102)108-86-91(97)87-109-113(103,104)110-89-92(111-95(100)83-80-77-74-71-68-65-62-59-56-51-36-33-30-27-24-21-18-15-12-9-6-3)88-106-94(99)82-79-76-73-70-67-64-61-58-55-52-49-38-35-32-29-26-23-20-17-14-11-8-5-2/h9,12,16-21,25-30,34-38,40-41,51-52,55,59,62,90-92,96-97H,4-8,10-11,13-15,22-24,31-33,39,42-50,53-54,56-58,60-61,63-89H2,1-3H3,(H,101,102)(H,103,104)/b12-9-,19-16-,20-17-,21-18-,28-25-,29-26-,30-27-,37-34-,38-35-,41-40-,51-36-,55-52-,62-59-. The zero-order valence-electron chi connectivity index (χ0n) is 71.3.